The first-order chi connectivity index (χ1) is 8.61. The molecule has 94 valence electrons. The summed E-state index contributed by atoms with van der Waals surface area (Å²) in [5, 5.41) is 7.27. The molecule has 0 saturated carbocycles. The number of nitrogens with zero attached hydrogens (tertiary/aromatic N) is 4. The molecule has 2 aromatic rings. The molecule has 0 amide bonds. The van der Waals surface area contributed by atoms with Gasteiger partial charge in [-0.1, -0.05) is 11.6 Å². The molecule has 0 bridgehead atoms. The molecule has 2 aromatic heterocycles. The van der Waals surface area contributed by atoms with Crippen LogP contribution in [0.3, 0.4) is 0 Å². The van der Waals surface area contributed by atoms with E-state index >= 15 is 0 Å². The highest BCUT2D eigenvalue weighted by molar-refractivity contribution is 6.32. The zero-order valence-electron chi connectivity index (χ0n) is 10.0. The summed E-state index contributed by atoms with van der Waals surface area (Å²) in [5.74, 6) is 0.946. The summed E-state index contributed by atoms with van der Waals surface area (Å²) in [6, 6.07) is 1.88. The maximum absolute atomic E-state index is 11.0. The highest BCUT2D eigenvalue weighted by atomic mass is 35.5. The number of nitrogens with one attached hydrogen (secondary N) is 1. The molecule has 0 radical (unpaired) electrons. The van der Waals surface area contributed by atoms with E-state index in [1.165, 1.54) is 0 Å². The summed E-state index contributed by atoms with van der Waals surface area (Å²) in [5.41, 5.74) is 1.24. The lowest BCUT2D eigenvalue weighted by molar-refractivity contribution is 0.112. The van der Waals surface area contributed by atoms with Gasteiger partial charge in [0.25, 0.3) is 0 Å². The van der Waals surface area contributed by atoms with Crippen LogP contribution < -0.4 is 5.32 Å². The van der Waals surface area contributed by atoms with Crippen LogP contribution in [0.15, 0.2) is 12.3 Å². The fourth-order valence-corrected chi connectivity index (χ4v) is 1.79. The first kappa shape index (κ1) is 12.5. The minimum atomic E-state index is 0.157. The molecule has 0 aliphatic heterocycles. The average Bonchev–Trinajstić information content (AvgIpc) is 2.71. The molecule has 7 heteroatoms. The molecule has 0 aliphatic rings. The Morgan fingerprint density at radius 2 is 2.28 bits per heavy atom. The third kappa shape index (κ3) is 2.48. The average molecular weight is 266 g/mol. The fraction of sp³-hybridized carbons (Fsp3) is 0.273. The summed E-state index contributed by atoms with van der Waals surface area (Å²) >= 11 is 5.89. The van der Waals surface area contributed by atoms with Crippen molar-refractivity contribution in [2.24, 2.45) is 7.05 Å². The quantitative estimate of drug-likeness (QED) is 0.671. The van der Waals surface area contributed by atoms with Gasteiger partial charge in [0.05, 0.1) is 17.8 Å². The molecule has 1 N–H and O–H groups in total. The van der Waals surface area contributed by atoms with Gasteiger partial charge in [-0.2, -0.15) is 5.10 Å². The van der Waals surface area contributed by atoms with Crippen LogP contribution in [0, 0.1) is 6.92 Å². The minimum absolute atomic E-state index is 0.157. The molecular formula is C11H12ClN5O. The van der Waals surface area contributed by atoms with Gasteiger partial charge in [-0.25, -0.2) is 9.97 Å². The van der Waals surface area contributed by atoms with Gasteiger partial charge in [-0.15, -0.1) is 0 Å². The molecule has 0 aliphatic carbocycles. The predicted octanol–water partition coefficient (Wildman–Crippen LogP) is 1.60. The maximum Gasteiger partial charge on any atom is 0.156 e. The molecule has 18 heavy (non-hydrogen) atoms. The van der Waals surface area contributed by atoms with Crippen LogP contribution in [0.25, 0.3) is 0 Å². The zero-order chi connectivity index (χ0) is 13.1. The van der Waals surface area contributed by atoms with E-state index in [9.17, 15) is 4.79 Å². The van der Waals surface area contributed by atoms with E-state index in [1.807, 2.05) is 13.1 Å². The van der Waals surface area contributed by atoms with E-state index < -0.39 is 0 Å². The van der Waals surface area contributed by atoms with Crippen molar-refractivity contribution in [2.75, 3.05) is 5.32 Å². The fourth-order valence-electron chi connectivity index (χ4n) is 1.54. The molecule has 2 heterocycles. The third-order valence-corrected chi connectivity index (χ3v) is 2.78. The number of carbonyl (C=O) groups is 1. The standard InChI is InChI=1S/C11H12ClN5O/c1-7-15-10(12)9(6-18)11(16-7)13-5-8-3-4-14-17(8)2/h3-4,6H,5H2,1-2H3,(H,13,15,16). The van der Waals surface area contributed by atoms with Crippen molar-refractivity contribution < 1.29 is 4.79 Å². The SMILES string of the molecule is Cc1nc(Cl)c(C=O)c(NCc2ccnn2C)n1. The number of anilines is 1. The number of aryl methyl sites for hydroxylation is 2. The van der Waals surface area contributed by atoms with Crippen LogP contribution in [-0.4, -0.2) is 26.0 Å². The van der Waals surface area contributed by atoms with Crippen LogP contribution in [0.2, 0.25) is 5.15 Å². The van der Waals surface area contributed by atoms with Crippen LogP contribution in [0.5, 0.6) is 0 Å². The van der Waals surface area contributed by atoms with Gasteiger partial charge in [0, 0.05) is 13.2 Å². The highest BCUT2D eigenvalue weighted by Gasteiger charge is 2.11. The zero-order valence-corrected chi connectivity index (χ0v) is 10.8. The van der Waals surface area contributed by atoms with Gasteiger partial charge in [0.2, 0.25) is 0 Å². The predicted molar refractivity (Wildman–Crippen MR) is 67.7 cm³/mol. The molecule has 0 aromatic carbocycles. The molecular weight excluding hydrogens is 254 g/mol. The number of aromatic nitrogens is 4. The minimum Gasteiger partial charge on any atom is -0.364 e. The Morgan fingerprint density at radius 1 is 1.50 bits per heavy atom. The van der Waals surface area contributed by atoms with E-state index in [0.717, 1.165) is 5.69 Å². The van der Waals surface area contributed by atoms with E-state index in [0.29, 0.717) is 24.5 Å². The number of halogens is 1. The Bertz CT molecular complexity index is 581. The van der Waals surface area contributed by atoms with E-state index in [-0.39, 0.29) is 10.7 Å². The van der Waals surface area contributed by atoms with Crippen molar-refractivity contribution >= 4 is 23.7 Å². The van der Waals surface area contributed by atoms with Crippen LogP contribution in [0.4, 0.5) is 5.82 Å². The molecule has 0 atom stereocenters. The Morgan fingerprint density at radius 3 is 2.89 bits per heavy atom. The molecule has 6 nitrogen and oxygen atoms in total. The van der Waals surface area contributed by atoms with E-state index in [4.69, 9.17) is 11.6 Å². The summed E-state index contributed by atoms with van der Waals surface area (Å²) < 4.78 is 1.74. The van der Waals surface area contributed by atoms with Crippen LogP contribution in [-0.2, 0) is 13.6 Å². The highest BCUT2D eigenvalue weighted by Crippen LogP contribution is 2.19. The Hall–Kier alpha value is -1.95. The molecule has 0 unspecified atom stereocenters. The topological polar surface area (TPSA) is 72.7 Å². The largest absolute Gasteiger partial charge is 0.364 e. The second-order valence-electron chi connectivity index (χ2n) is 3.74. The lowest BCUT2D eigenvalue weighted by atomic mass is 10.3. The molecule has 0 saturated heterocycles. The molecule has 0 fully saturated rings. The smallest absolute Gasteiger partial charge is 0.156 e. The second-order valence-corrected chi connectivity index (χ2v) is 4.10. The lowest BCUT2D eigenvalue weighted by Gasteiger charge is -2.09. The van der Waals surface area contributed by atoms with Crippen LogP contribution >= 0.6 is 11.6 Å². The Kier molecular flexibility index (Phi) is 3.57. The number of hydrogen-bond acceptors (Lipinski definition) is 5. The Balaban J connectivity index is 2.23. The van der Waals surface area contributed by atoms with Crippen molar-refractivity contribution in [1.29, 1.82) is 0 Å². The van der Waals surface area contributed by atoms with Gasteiger partial charge in [-0.05, 0) is 13.0 Å². The number of rotatable bonds is 4. The summed E-state index contributed by atoms with van der Waals surface area (Å²) in [6.07, 6.45) is 2.35. The van der Waals surface area contributed by atoms with Crippen molar-refractivity contribution in [1.82, 2.24) is 19.7 Å². The van der Waals surface area contributed by atoms with Crippen molar-refractivity contribution in [3.63, 3.8) is 0 Å². The first-order valence-electron chi connectivity index (χ1n) is 5.32. The normalized spacial score (nSPS) is 10.4. The van der Waals surface area contributed by atoms with Gasteiger partial charge < -0.3 is 5.32 Å². The molecule has 2 rings (SSSR count). The number of carbonyl (C=O) groups excluding carboxylic acids is 1. The van der Waals surface area contributed by atoms with Gasteiger partial charge in [-0.3, -0.25) is 9.48 Å². The maximum atomic E-state index is 11.0. The lowest BCUT2D eigenvalue weighted by Crippen LogP contribution is -2.10. The molecule has 0 spiro atoms. The van der Waals surface area contributed by atoms with Crippen LogP contribution in [0.1, 0.15) is 21.9 Å². The van der Waals surface area contributed by atoms with Crippen molar-refractivity contribution in [3.05, 3.63) is 34.5 Å². The van der Waals surface area contributed by atoms with E-state index in [1.54, 1.807) is 17.8 Å². The monoisotopic (exact) mass is 265 g/mol. The van der Waals surface area contributed by atoms with Gasteiger partial charge >= 0.3 is 0 Å². The third-order valence-electron chi connectivity index (χ3n) is 2.49. The van der Waals surface area contributed by atoms with Gasteiger partial charge in [0.1, 0.15) is 16.8 Å². The van der Waals surface area contributed by atoms with Crippen molar-refractivity contribution in [3.8, 4) is 0 Å². The first-order valence-corrected chi connectivity index (χ1v) is 5.69. The number of hydrogen-bond donors (Lipinski definition) is 1. The van der Waals surface area contributed by atoms with Crippen molar-refractivity contribution in [2.45, 2.75) is 13.5 Å². The number of aldehydes is 1. The van der Waals surface area contributed by atoms with E-state index in [2.05, 4.69) is 20.4 Å². The Labute approximate surface area is 109 Å². The summed E-state index contributed by atoms with van der Waals surface area (Å²) in [4.78, 5) is 19.1. The summed E-state index contributed by atoms with van der Waals surface area (Å²) in [7, 11) is 1.84. The second kappa shape index (κ2) is 5.14. The summed E-state index contributed by atoms with van der Waals surface area (Å²) in [6.45, 7) is 2.22. The van der Waals surface area contributed by atoms with Gasteiger partial charge in [0.15, 0.2) is 6.29 Å².